The Morgan fingerprint density at radius 2 is 2.45 bits per heavy atom. The van der Waals surface area contributed by atoms with Crippen molar-refractivity contribution in [2.45, 2.75) is 25.4 Å². The first-order valence-electron chi connectivity index (χ1n) is 6.92. The Balaban J connectivity index is 2.06. The first kappa shape index (κ1) is 15.0. The van der Waals surface area contributed by atoms with Crippen LogP contribution in [0.2, 0.25) is 0 Å². The second-order valence-corrected chi connectivity index (χ2v) is 5.19. The molecule has 0 aliphatic carbocycles. The number of aromatic nitrogens is 2. The number of rotatable bonds is 7. The van der Waals surface area contributed by atoms with Crippen LogP contribution in [0.4, 0.5) is 0 Å². The van der Waals surface area contributed by atoms with Gasteiger partial charge in [-0.2, -0.15) is 5.10 Å². The number of aliphatic hydroxyl groups is 1. The number of aromatic carboxylic acids is 1. The van der Waals surface area contributed by atoms with Crippen LogP contribution in [0.3, 0.4) is 0 Å². The molecule has 1 aromatic heterocycles. The van der Waals surface area contributed by atoms with Crippen molar-refractivity contribution in [2.24, 2.45) is 7.05 Å². The van der Waals surface area contributed by atoms with E-state index in [0.717, 1.165) is 19.5 Å². The lowest BCUT2D eigenvalue weighted by Gasteiger charge is -2.25. The molecule has 1 unspecified atom stereocenters. The molecule has 2 heterocycles. The molecule has 2 rings (SSSR count). The lowest BCUT2D eigenvalue weighted by Crippen LogP contribution is -2.39. The van der Waals surface area contributed by atoms with Gasteiger partial charge in [-0.15, -0.1) is 0 Å². The predicted octanol–water partition coefficient (Wildman–Crippen LogP) is -0.335. The summed E-state index contributed by atoms with van der Waals surface area (Å²) in [5, 5.41) is 25.8. The molecule has 0 radical (unpaired) electrons. The highest BCUT2D eigenvalue weighted by atomic mass is 16.4. The molecule has 1 fully saturated rings. The fourth-order valence-electron chi connectivity index (χ4n) is 2.64. The van der Waals surface area contributed by atoms with Crippen LogP contribution in [0, 0.1) is 0 Å². The lowest BCUT2D eigenvalue weighted by molar-refractivity contribution is 0.0694. The van der Waals surface area contributed by atoms with Crippen LogP contribution in [0.5, 0.6) is 0 Å². The fourth-order valence-corrected chi connectivity index (χ4v) is 2.64. The Hall–Kier alpha value is -1.44. The van der Waals surface area contributed by atoms with E-state index in [-0.39, 0.29) is 12.2 Å². The summed E-state index contributed by atoms with van der Waals surface area (Å²) < 4.78 is 1.59. The van der Waals surface area contributed by atoms with Gasteiger partial charge in [-0.1, -0.05) is 0 Å². The Morgan fingerprint density at radius 1 is 1.65 bits per heavy atom. The Kier molecular flexibility index (Phi) is 5.11. The van der Waals surface area contributed by atoms with Gasteiger partial charge < -0.3 is 15.5 Å². The molecule has 1 aromatic rings. The number of carbonyl (C=O) groups is 1. The largest absolute Gasteiger partial charge is 0.478 e. The second kappa shape index (κ2) is 6.83. The minimum absolute atomic E-state index is 0.0625. The zero-order valence-corrected chi connectivity index (χ0v) is 11.7. The molecule has 0 saturated carbocycles. The van der Waals surface area contributed by atoms with E-state index >= 15 is 0 Å². The van der Waals surface area contributed by atoms with Crippen molar-refractivity contribution in [3.8, 4) is 0 Å². The van der Waals surface area contributed by atoms with Gasteiger partial charge in [0.05, 0.1) is 18.5 Å². The lowest BCUT2D eigenvalue weighted by atomic mass is 10.2. The average Bonchev–Trinajstić information content (AvgIpc) is 3.01. The van der Waals surface area contributed by atoms with Crippen molar-refractivity contribution in [3.05, 3.63) is 17.5 Å². The number of aryl methyl sites for hydroxylation is 1. The van der Waals surface area contributed by atoms with Crippen LogP contribution in [0.25, 0.3) is 0 Å². The summed E-state index contributed by atoms with van der Waals surface area (Å²) in [7, 11) is 1.74. The van der Waals surface area contributed by atoms with Gasteiger partial charge >= 0.3 is 5.97 Å². The summed E-state index contributed by atoms with van der Waals surface area (Å²) in [6.07, 6.45) is 3.67. The maximum atomic E-state index is 11.2. The summed E-state index contributed by atoms with van der Waals surface area (Å²) in [4.78, 5) is 13.3. The maximum Gasteiger partial charge on any atom is 0.339 e. The number of hydrogen-bond donors (Lipinski definition) is 3. The third-order valence-electron chi connectivity index (χ3n) is 3.72. The van der Waals surface area contributed by atoms with Crippen LogP contribution < -0.4 is 5.32 Å². The molecule has 3 N–H and O–H groups in total. The van der Waals surface area contributed by atoms with Gasteiger partial charge in [0.2, 0.25) is 0 Å². The van der Waals surface area contributed by atoms with Crippen LogP contribution >= 0.6 is 0 Å². The van der Waals surface area contributed by atoms with E-state index in [0.29, 0.717) is 24.8 Å². The topological polar surface area (TPSA) is 90.6 Å². The molecule has 1 saturated heterocycles. The minimum Gasteiger partial charge on any atom is -0.478 e. The molecule has 0 amide bonds. The number of hydrogen-bond acceptors (Lipinski definition) is 5. The van der Waals surface area contributed by atoms with Crippen LogP contribution in [-0.4, -0.2) is 63.1 Å². The SMILES string of the molecule is Cn1ncc(C(=O)O)c1CN(CCO)CC1CCCN1. The Labute approximate surface area is 118 Å². The van der Waals surface area contributed by atoms with Crippen LogP contribution in [0.15, 0.2) is 6.20 Å². The quantitative estimate of drug-likeness (QED) is 0.634. The summed E-state index contributed by atoms with van der Waals surface area (Å²) in [6, 6.07) is 0.419. The van der Waals surface area contributed by atoms with Gasteiger partial charge in [-0.25, -0.2) is 4.79 Å². The van der Waals surface area contributed by atoms with Gasteiger partial charge in [0, 0.05) is 32.7 Å². The summed E-state index contributed by atoms with van der Waals surface area (Å²) in [5.41, 5.74) is 0.902. The highest BCUT2D eigenvalue weighted by molar-refractivity contribution is 5.88. The standard InChI is InChI=1S/C13H22N4O3/c1-16-12(11(7-15-16)13(19)20)9-17(5-6-18)8-10-3-2-4-14-10/h7,10,14,18H,2-6,8-9H2,1H3,(H,19,20). The van der Waals surface area contributed by atoms with Crippen molar-refractivity contribution in [3.63, 3.8) is 0 Å². The van der Waals surface area contributed by atoms with Gasteiger partial charge in [-0.3, -0.25) is 9.58 Å². The van der Waals surface area contributed by atoms with E-state index in [2.05, 4.69) is 15.3 Å². The number of nitrogens with one attached hydrogen (secondary N) is 1. The number of carboxylic acids is 1. The van der Waals surface area contributed by atoms with Crippen molar-refractivity contribution in [2.75, 3.05) is 26.2 Å². The predicted molar refractivity (Wildman–Crippen MR) is 73.6 cm³/mol. The molecule has 0 spiro atoms. The van der Waals surface area contributed by atoms with E-state index in [4.69, 9.17) is 0 Å². The molecule has 0 bridgehead atoms. The molecule has 1 aliphatic heterocycles. The highest BCUT2D eigenvalue weighted by Gasteiger charge is 2.21. The first-order valence-corrected chi connectivity index (χ1v) is 6.92. The average molecular weight is 282 g/mol. The monoisotopic (exact) mass is 282 g/mol. The van der Waals surface area contributed by atoms with E-state index < -0.39 is 5.97 Å². The molecule has 1 atom stereocenters. The van der Waals surface area contributed by atoms with Crippen molar-refractivity contribution < 1.29 is 15.0 Å². The van der Waals surface area contributed by atoms with Gasteiger partial charge in [0.25, 0.3) is 0 Å². The fraction of sp³-hybridized carbons (Fsp3) is 0.692. The van der Waals surface area contributed by atoms with Crippen molar-refractivity contribution in [1.29, 1.82) is 0 Å². The molecule has 20 heavy (non-hydrogen) atoms. The van der Waals surface area contributed by atoms with E-state index in [1.165, 1.54) is 12.6 Å². The second-order valence-electron chi connectivity index (χ2n) is 5.19. The van der Waals surface area contributed by atoms with Crippen molar-refractivity contribution >= 4 is 5.97 Å². The normalized spacial score (nSPS) is 18.9. The minimum atomic E-state index is -0.962. The summed E-state index contributed by atoms with van der Waals surface area (Å²) in [5.74, 6) is -0.962. The van der Waals surface area contributed by atoms with Crippen LogP contribution in [-0.2, 0) is 13.6 Å². The number of carboxylic acid groups (broad SMARTS) is 1. The zero-order valence-electron chi connectivity index (χ0n) is 11.7. The molecule has 7 heteroatoms. The van der Waals surface area contributed by atoms with E-state index in [9.17, 15) is 15.0 Å². The van der Waals surface area contributed by atoms with Gasteiger partial charge in [0.1, 0.15) is 5.56 Å². The molecule has 1 aliphatic rings. The molecular formula is C13H22N4O3. The first-order chi connectivity index (χ1) is 9.61. The third kappa shape index (κ3) is 3.56. The molecule has 0 aromatic carbocycles. The Bertz CT molecular complexity index is 454. The van der Waals surface area contributed by atoms with E-state index in [1.807, 2.05) is 0 Å². The van der Waals surface area contributed by atoms with E-state index in [1.54, 1.807) is 11.7 Å². The highest BCUT2D eigenvalue weighted by Crippen LogP contribution is 2.13. The Morgan fingerprint density at radius 3 is 3.05 bits per heavy atom. The van der Waals surface area contributed by atoms with Gasteiger partial charge in [0.15, 0.2) is 0 Å². The molecular weight excluding hydrogens is 260 g/mol. The number of aliphatic hydroxyl groups excluding tert-OH is 1. The zero-order chi connectivity index (χ0) is 14.5. The summed E-state index contributed by atoms with van der Waals surface area (Å²) in [6.45, 7) is 2.92. The maximum absolute atomic E-state index is 11.2. The summed E-state index contributed by atoms with van der Waals surface area (Å²) >= 11 is 0. The van der Waals surface area contributed by atoms with Gasteiger partial charge in [-0.05, 0) is 19.4 Å². The number of nitrogens with zero attached hydrogens (tertiary/aromatic N) is 3. The van der Waals surface area contributed by atoms with Crippen LogP contribution in [0.1, 0.15) is 28.9 Å². The third-order valence-corrected chi connectivity index (χ3v) is 3.72. The van der Waals surface area contributed by atoms with Crippen molar-refractivity contribution in [1.82, 2.24) is 20.0 Å². The smallest absolute Gasteiger partial charge is 0.339 e. The molecule has 112 valence electrons. The molecule has 7 nitrogen and oxygen atoms in total.